The lowest BCUT2D eigenvalue weighted by Crippen LogP contribution is -2.49. The van der Waals surface area contributed by atoms with E-state index in [4.69, 9.17) is 4.74 Å². The fraction of sp³-hybridized carbons (Fsp3) is 0.632. The van der Waals surface area contributed by atoms with Gasteiger partial charge in [0.05, 0.1) is 12.5 Å². The van der Waals surface area contributed by atoms with E-state index in [2.05, 4.69) is 5.32 Å². The number of para-hydroxylation sites is 1. The quantitative estimate of drug-likeness (QED) is 0.713. The average Bonchev–Trinajstić information content (AvgIpc) is 3.30. The van der Waals surface area contributed by atoms with Gasteiger partial charge >= 0.3 is 7.12 Å². The number of benzene rings is 1. The Balaban J connectivity index is 1.43. The maximum absolute atomic E-state index is 12.7. The summed E-state index contributed by atoms with van der Waals surface area (Å²) in [5.41, 5.74) is 2.19. The Kier molecular flexibility index (Phi) is 4.50. The zero-order valence-corrected chi connectivity index (χ0v) is 14.6. The molecule has 1 aliphatic heterocycles. The van der Waals surface area contributed by atoms with Gasteiger partial charge in [0.1, 0.15) is 5.75 Å². The number of aryl methyl sites for hydroxylation is 1. The molecular formula is C19H26BNO4. The molecule has 5 nitrogen and oxygen atoms in total. The SMILES string of the molecule is Cc1cccc2c1OC[C@@H]2C[C@H](NC(=O)[C@@H]1C[C@H]2CC[C@@H]1C2)B(O)O. The molecule has 2 bridgehead atoms. The van der Waals surface area contributed by atoms with Crippen LogP contribution in [0.4, 0.5) is 0 Å². The molecule has 2 fully saturated rings. The maximum Gasteiger partial charge on any atom is 0.475 e. The van der Waals surface area contributed by atoms with Gasteiger partial charge in [0.15, 0.2) is 0 Å². The van der Waals surface area contributed by atoms with Gasteiger partial charge in [-0.05, 0) is 50.0 Å². The Labute approximate surface area is 148 Å². The lowest BCUT2D eigenvalue weighted by Gasteiger charge is -2.26. The van der Waals surface area contributed by atoms with Crippen molar-refractivity contribution in [3.8, 4) is 5.75 Å². The molecule has 1 amide bonds. The second kappa shape index (κ2) is 6.65. The van der Waals surface area contributed by atoms with Gasteiger partial charge in [0.25, 0.3) is 0 Å². The topological polar surface area (TPSA) is 78.8 Å². The summed E-state index contributed by atoms with van der Waals surface area (Å²) in [6.45, 7) is 2.53. The first-order valence-corrected chi connectivity index (χ1v) is 9.41. The largest absolute Gasteiger partial charge is 0.492 e. The van der Waals surface area contributed by atoms with Gasteiger partial charge in [0.2, 0.25) is 5.91 Å². The van der Waals surface area contributed by atoms with Crippen LogP contribution in [0.25, 0.3) is 0 Å². The van der Waals surface area contributed by atoms with Crippen LogP contribution in [0, 0.1) is 24.7 Å². The van der Waals surface area contributed by atoms with E-state index in [1.807, 2.05) is 25.1 Å². The van der Waals surface area contributed by atoms with E-state index in [0.29, 0.717) is 24.9 Å². The van der Waals surface area contributed by atoms with E-state index in [1.54, 1.807) is 0 Å². The smallest absolute Gasteiger partial charge is 0.475 e. The third-order valence-electron chi connectivity index (χ3n) is 6.41. The van der Waals surface area contributed by atoms with E-state index in [9.17, 15) is 14.8 Å². The zero-order chi connectivity index (χ0) is 17.6. The highest BCUT2D eigenvalue weighted by atomic mass is 16.5. The number of hydrogen-bond donors (Lipinski definition) is 3. The summed E-state index contributed by atoms with van der Waals surface area (Å²) in [4.78, 5) is 12.7. The standard InChI is InChI=1S/C19H26BNO4/c1-11-3-2-4-15-14(10-25-18(11)15)9-17(20(23)24)21-19(22)16-8-12-5-6-13(16)7-12/h2-4,12-14,16-17,23-24H,5-10H2,1H3,(H,21,22)/t12-,13+,14-,16+,17-/m0/s1. The number of ether oxygens (including phenoxy) is 1. The van der Waals surface area contributed by atoms with Crippen LogP contribution in [0.1, 0.15) is 49.1 Å². The molecule has 25 heavy (non-hydrogen) atoms. The molecule has 0 aromatic heterocycles. The predicted molar refractivity (Wildman–Crippen MR) is 95.1 cm³/mol. The molecule has 5 atom stereocenters. The summed E-state index contributed by atoms with van der Waals surface area (Å²) in [5, 5.41) is 22.5. The number of nitrogens with one attached hydrogen (secondary N) is 1. The lowest BCUT2D eigenvalue weighted by molar-refractivity contribution is -0.127. The van der Waals surface area contributed by atoms with Crippen LogP contribution in [-0.4, -0.2) is 35.6 Å². The Morgan fingerprint density at radius 1 is 1.36 bits per heavy atom. The second-order valence-corrected chi connectivity index (χ2v) is 8.05. The maximum atomic E-state index is 12.7. The molecule has 3 N–H and O–H groups in total. The van der Waals surface area contributed by atoms with E-state index >= 15 is 0 Å². The van der Waals surface area contributed by atoms with Gasteiger partial charge in [0, 0.05) is 17.4 Å². The Hall–Kier alpha value is -1.53. The fourth-order valence-electron chi connectivity index (χ4n) is 5.08. The highest BCUT2D eigenvalue weighted by molar-refractivity contribution is 6.43. The van der Waals surface area contributed by atoms with E-state index < -0.39 is 13.1 Å². The van der Waals surface area contributed by atoms with Crippen LogP contribution in [0.5, 0.6) is 5.75 Å². The molecular weight excluding hydrogens is 317 g/mol. The summed E-state index contributed by atoms with van der Waals surface area (Å²) >= 11 is 0. The fourth-order valence-corrected chi connectivity index (χ4v) is 5.08. The molecule has 2 saturated carbocycles. The molecule has 1 aromatic rings. The molecule has 4 rings (SSSR count). The third kappa shape index (κ3) is 3.18. The summed E-state index contributed by atoms with van der Waals surface area (Å²) in [7, 11) is -1.56. The van der Waals surface area contributed by atoms with Gasteiger partial charge in [-0.3, -0.25) is 4.79 Å². The molecule has 0 spiro atoms. The first kappa shape index (κ1) is 16.9. The summed E-state index contributed by atoms with van der Waals surface area (Å²) < 4.78 is 5.79. The Morgan fingerprint density at radius 2 is 2.20 bits per heavy atom. The van der Waals surface area contributed by atoms with Crippen LogP contribution >= 0.6 is 0 Å². The summed E-state index contributed by atoms with van der Waals surface area (Å²) in [5.74, 6) is 1.53. The monoisotopic (exact) mass is 343 g/mol. The van der Waals surface area contributed by atoms with Gasteiger partial charge in [-0.1, -0.05) is 24.6 Å². The summed E-state index contributed by atoms with van der Waals surface area (Å²) in [6.07, 6.45) is 4.97. The number of hydrogen-bond acceptors (Lipinski definition) is 4. The first-order valence-electron chi connectivity index (χ1n) is 9.41. The van der Waals surface area contributed by atoms with Crippen molar-refractivity contribution >= 4 is 13.0 Å². The predicted octanol–water partition coefficient (Wildman–Crippen LogP) is 1.79. The molecule has 0 unspecified atom stereocenters. The molecule has 6 heteroatoms. The average molecular weight is 343 g/mol. The lowest BCUT2D eigenvalue weighted by atomic mass is 9.73. The van der Waals surface area contributed by atoms with Gasteiger partial charge in [-0.2, -0.15) is 0 Å². The summed E-state index contributed by atoms with van der Waals surface area (Å²) in [6, 6.07) is 6.03. The number of rotatable bonds is 5. The number of carbonyl (C=O) groups excluding carboxylic acids is 1. The second-order valence-electron chi connectivity index (χ2n) is 8.05. The van der Waals surface area contributed by atoms with Crippen LogP contribution in [0.2, 0.25) is 0 Å². The van der Waals surface area contributed by atoms with Crippen molar-refractivity contribution < 1.29 is 19.6 Å². The molecule has 0 saturated heterocycles. The minimum absolute atomic E-state index is 0.00585. The van der Waals surface area contributed by atoms with Crippen LogP contribution < -0.4 is 10.1 Å². The first-order chi connectivity index (χ1) is 12.0. The van der Waals surface area contributed by atoms with Crippen molar-refractivity contribution in [2.24, 2.45) is 17.8 Å². The van der Waals surface area contributed by atoms with Crippen molar-refractivity contribution in [2.45, 2.75) is 50.9 Å². The van der Waals surface area contributed by atoms with Gasteiger partial charge in [-0.25, -0.2) is 0 Å². The molecule has 0 radical (unpaired) electrons. The number of fused-ring (bicyclic) bond motifs is 3. The van der Waals surface area contributed by atoms with Crippen molar-refractivity contribution in [1.82, 2.24) is 5.32 Å². The zero-order valence-electron chi connectivity index (χ0n) is 14.6. The number of amides is 1. The van der Waals surface area contributed by atoms with Crippen LogP contribution in [0.3, 0.4) is 0 Å². The van der Waals surface area contributed by atoms with Gasteiger partial charge in [-0.15, -0.1) is 0 Å². The number of carbonyl (C=O) groups is 1. The minimum Gasteiger partial charge on any atom is -0.492 e. The van der Waals surface area contributed by atoms with E-state index in [0.717, 1.165) is 36.1 Å². The normalized spacial score (nSPS) is 30.7. The molecule has 134 valence electrons. The van der Waals surface area contributed by atoms with E-state index in [-0.39, 0.29) is 17.7 Å². The molecule has 1 aromatic carbocycles. The molecule has 3 aliphatic rings. The van der Waals surface area contributed by atoms with Crippen LogP contribution in [0.15, 0.2) is 18.2 Å². The van der Waals surface area contributed by atoms with E-state index in [1.165, 1.54) is 6.42 Å². The minimum atomic E-state index is -1.56. The highest BCUT2D eigenvalue weighted by Crippen LogP contribution is 2.48. The van der Waals surface area contributed by atoms with Crippen molar-refractivity contribution in [3.63, 3.8) is 0 Å². The highest BCUT2D eigenvalue weighted by Gasteiger charge is 2.44. The van der Waals surface area contributed by atoms with Crippen LogP contribution in [-0.2, 0) is 4.79 Å². The van der Waals surface area contributed by atoms with Gasteiger partial charge < -0.3 is 20.1 Å². The Morgan fingerprint density at radius 3 is 2.88 bits per heavy atom. The Bertz CT molecular complexity index is 665. The molecule has 2 aliphatic carbocycles. The van der Waals surface area contributed by atoms with Crippen molar-refractivity contribution in [3.05, 3.63) is 29.3 Å². The molecule has 1 heterocycles. The third-order valence-corrected chi connectivity index (χ3v) is 6.41. The van der Waals surface area contributed by atoms with Crippen molar-refractivity contribution in [1.29, 1.82) is 0 Å². The van der Waals surface area contributed by atoms with Crippen molar-refractivity contribution in [2.75, 3.05) is 6.61 Å².